The van der Waals surface area contributed by atoms with Crippen LogP contribution in [0.25, 0.3) is 11.6 Å². The molecule has 4 heterocycles. The fourth-order valence-corrected chi connectivity index (χ4v) is 5.73. The largest absolute Gasteiger partial charge is 0.402 e. The van der Waals surface area contributed by atoms with E-state index in [1.54, 1.807) is 6.20 Å². The van der Waals surface area contributed by atoms with Crippen LogP contribution in [0.3, 0.4) is 0 Å². The SMILES string of the molecule is CCNc1nnc(-c2cnc(N3CCN(C4CCN(Cc5ccc(Cl)cc5)CC4)[C@@H](CC)C3)c(C)n2)o1. The van der Waals surface area contributed by atoms with Crippen molar-refractivity contribution in [3.63, 3.8) is 0 Å². The zero-order valence-corrected chi connectivity index (χ0v) is 22.8. The highest BCUT2D eigenvalue weighted by molar-refractivity contribution is 6.30. The van der Waals surface area contributed by atoms with Crippen LogP contribution in [0.4, 0.5) is 11.8 Å². The van der Waals surface area contributed by atoms with Crippen molar-refractivity contribution in [3.05, 3.63) is 46.7 Å². The minimum absolute atomic E-state index is 0.386. The highest BCUT2D eigenvalue weighted by Gasteiger charge is 2.34. The lowest BCUT2D eigenvalue weighted by atomic mass is 9.97. The van der Waals surface area contributed by atoms with Gasteiger partial charge >= 0.3 is 6.01 Å². The van der Waals surface area contributed by atoms with Crippen LogP contribution in [-0.4, -0.2) is 81.3 Å². The lowest BCUT2D eigenvalue weighted by Crippen LogP contribution is -2.58. The summed E-state index contributed by atoms with van der Waals surface area (Å²) in [5.41, 5.74) is 2.83. The third kappa shape index (κ3) is 6.05. The Hall–Kier alpha value is -2.75. The quantitative estimate of drug-likeness (QED) is 0.458. The van der Waals surface area contributed by atoms with Gasteiger partial charge in [-0.1, -0.05) is 35.8 Å². The first-order chi connectivity index (χ1) is 18.0. The maximum Gasteiger partial charge on any atom is 0.315 e. The number of nitrogens with one attached hydrogen (secondary N) is 1. The smallest absolute Gasteiger partial charge is 0.315 e. The van der Waals surface area contributed by atoms with Crippen molar-refractivity contribution in [2.75, 3.05) is 49.5 Å². The Kier molecular flexibility index (Phi) is 8.22. The number of benzene rings is 1. The monoisotopic (exact) mass is 524 g/mol. The topological polar surface area (TPSA) is 86.5 Å². The first kappa shape index (κ1) is 25.9. The molecular weight excluding hydrogens is 488 g/mol. The highest BCUT2D eigenvalue weighted by Crippen LogP contribution is 2.28. The van der Waals surface area contributed by atoms with Crippen molar-refractivity contribution in [2.24, 2.45) is 0 Å². The lowest BCUT2D eigenvalue weighted by molar-refractivity contribution is 0.0610. The number of piperazine rings is 1. The van der Waals surface area contributed by atoms with E-state index in [1.165, 1.54) is 18.4 Å². The highest BCUT2D eigenvalue weighted by atomic mass is 35.5. The van der Waals surface area contributed by atoms with E-state index in [0.717, 1.165) is 68.8 Å². The van der Waals surface area contributed by atoms with Gasteiger partial charge in [0, 0.05) is 49.8 Å². The van der Waals surface area contributed by atoms with E-state index in [1.807, 2.05) is 26.0 Å². The summed E-state index contributed by atoms with van der Waals surface area (Å²) in [6.07, 6.45) is 5.31. The molecular formula is C27H37ClN8O. The second-order valence-corrected chi connectivity index (χ2v) is 10.4. The van der Waals surface area contributed by atoms with Gasteiger partial charge in [-0.15, -0.1) is 5.10 Å². The number of hydrogen-bond acceptors (Lipinski definition) is 9. The molecule has 0 bridgehead atoms. The van der Waals surface area contributed by atoms with Crippen molar-refractivity contribution in [2.45, 2.75) is 58.7 Å². The third-order valence-corrected chi connectivity index (χ3v) is 7.79. The number of halogens is 1. The predicted molar refractivity (Wildman–Crippen MR) is 147 cm³/mol. The van der Waals surface area contributed by atoms with E-state index in [4.69, 9.17) is 26.0 Å². The summed E-state index contributed by atoms with van der Waals surface area (Å²) in [4.78, 5) is 17.2. The first-order valence-corrected chi connectivity index (χ1v) is 13.8. The van der Waals surface area contributed by atoms with Crippen molar-refractivity contribution in [1.82, 2.24) is 30.0 Å². The summed E-state index contributed by atoms with van der Waals surface area (Å²) in [7, 11) is 0. The van der Waals surface area contributed by atoms with Gasteiger partial charge in [0.15, 0.2) is 0 Å². The summed E-state index contributed by atoms with van der Waals surface area (Å²) in [5, 5.41) is 11.9. The van der Waals surface area contributed by atoms with Crippen molar-refractivity contribution < 1.29 is 4.42 Å². The number of hydrogen-bond donors (Lipinski definition) is 1. The maximum atomic E-state index is 6.05. The summed E-state index contributed by atoms with van der Waals surface area (Å²) in [6, 6.07) is 9.81. The van der Waals surface area contributed by atoms with Crippen LogP contribution >= 0.6 is 11.6 Å². The zero-order chi connectivity index (χ0) is 25.8. The van der Waals surface area contributed by atoms with Gasteiger partial charge in [-0.05, 0) is 63.9 Å². The molecule has 0 unspecified atom stereocenters. The molecule has 1 aromatic carbocycles. The molecule has 37 heavy (non-hydrogen) atoms. The molecule has 3 aromatic rings. The van der Waals surface area contributed by atoms with Gasteiger partial charge in [0.1, 0.15) is 11.5 Å². The molecule has 0 spiro atoms. The predicted octanol–water partition coefficient (Wildman–Crippen LogP) is 4.49. The molecule has 0 amide bonds. The molecule has 0 saturated carbocycles. The maximum absolute atomic E-state index is 6.05. The summed E-state index contributed by atoms with van der Waals surface area (Å²) < 4.78 is 5.65. The van der Waals surface area contributed by atoms with E-state index in [2.05, 4.69) is 49.3 Å². The number of piperidine rings is 1. The standard InChI is InChI=1S/C27H37ClN8O/c1-4-22-18-35(25-19(3)31-24(16-30-25)26-32-33-27(37-26)29-5-2)14-15-36(22)23-10-12-34(13-11-23)17-20-6-8-21(28)9-7-20/h6-9,16,22-23H,4-5,10-15,17-18H2,1-3H3,(H,29,33)/t22-/m0/s1. The summed E-state index contributed by atoms with van der Waals surface area (Å²) >= 11 is 6.05. The number of aromatic nitrogens is 4. The van der Waals surface area contributed by atoms with Gasteiger partial charge in [0.25, 0.3) is 5.89 Å². The van der Waals surface area contributed by atoms with Gasteiger partial charge in [-0.25, -0.2) is 9.97 Å². The summed E-state index contributed by atoms with van der Waals surface area (Å²) in [6.45, 7) is 13.3. The molecule has 2 aliphatic heterocycles. The Morgan fingerprint density at radius 2 is 1.84 bits per heavy atom. The van der Waals surface area contributed by atoms with Crippen LogP contribution in [0.2, 0.25) is 5.02 Å². The van der Waals surface area contributed by atoms with Crippen molar-refractivity contribution in [1.29, 1.82) is 0 Å². The number of anilines is 2. The summed E-state index contributed by atoms with van der Waals surface area (Å²) in [5.74, 6) is 1.34. The molecule has 2 aromatic heterocycles. The average Bonchev–Trinajstić information content (AvgIpc) is 3.39. The van der Waals surface area contributed by atoms with E-state index < -0.39 is 0 Å². The molecule has 198 valence electrons. The minimum Gasteiger partial charge on any atom is -0.402 e. The Labute approximate surface area is 224 Å². The molecule has 1 atom stereocenters. The second kappa shape index (κ2) is 11.8. The van der Waals surface area contributed by atoms with Crippen LogP contribution < -0.4 is 10.2 Å². The molecule has 1 N–H and O–H groups in total. The fraction of sp³-hybridized carbons (Fsp3) is 0.556. The Bertz CT molecular complexity index is 1160. The van der Waals surface area contributed by atoms with Crippen LogP contribution in [0, 0.1) is 6.92 Å². The molecule has 9 nitrogen and oxygen atoms in total. The molecule has 5 rings (SSSR count). The van der Waals surface area contributed by atoms with Gasteiger partial charge in [0.05, 0.1) is 11.9 Å². The number of likely N-dealkylation sites (tertiary alicyclic amines) is 1. The van der Waals surface area contributed by atoms with Crippen LogP contribution in [0.1, 0.15) is 44.4 Å². The van der Waals surface area contributed by atoms with Crippen LogP contribution in [-0.2, 0) is 6.54 Å². The number of nitrogens with zero attached hydrogens (tertiary/aromatic N) is 7. The van der Waals surface area contributed by atoms with Gasteiger partial charge in [-0.3, -0.25) is 9.80 Å². The van der Waals surface area contributed by atoms with E-state index >= 15 is 0 Å². The molecule has 2 saturated heterocycles. The molecule has 2 fully saturated rings. The van der Waals surface area contributed by atoms with Crippen molar-refractivity contribution in [3.8, 4) is 11.6 Å². The second-order valence-electron chi connectivity index (χ2n) is 9.99. The molecule has 0 aliphatic carbocycles. The Balaban J connectivity index is 1.18. The van der Waals surface area contributed by atoms with Gasteiger partial charge in [-0.2, -0.15) is 0 Å². The fourth-order valence-electron chi connectivity index (χ4n) is 5.60. The molecule has 10 heteroatoms. The van der Waals surface area contributed by atoms with Gasteiger partial charge < -0.3 is 14.6 Å². The van der Waals surface area contributed by atoms with E-state index in [0.29, 0.717) is 29.7 Å². The van der Waals surface area contributed by atoms with E-state index in [9.17, 15) is 0 Å². The average molecular weight is 525 g/mol. The zero-order valence-electron chi connectivity index (χ0n) is 22.0. The first-order valence-electron chi connectivity index (χ1n) is 13.4. The third-order valence-electron chi connectivity index (χ3n) is 7.54. The van der Waals surface area contributed by atoms with Crippen LogP contribution in [0.15, 0.2) is 34.9 Å². The lowest BCUT2D eigenvalue weighted by Gasteiger charge is -2.47. The molecule has 0 radical (unpaired) electrons. The molecule has 2 aliphatic rings. The van der Waals surface area contributed by atoms with Crippen LogP contribution in [0.5, 0.6) is 0 Å². The number of aryl methyl sites for hydroxylation is 1. The Morgan fingerprint density at radius 3 is 2.54 bits per heavy atom. The Morgan fingerprint density at radius 1 is 1.05 bits per heavy atom. The van der Waals surface area contributed by atoms with Crippen molar-refractivity contribution >= 4 is 23.4 Å². The minimum atomic E-state index is 0.386. The normalized spacial score (nSPS) is 19.9. The van der Waals surface area contributed by atoms with E-state index in [-0.39, 0.29) is 0 Å². The van der Waals surface area contributed by atoms with Gasteiger partial charge in [0.2, 0.25) is 0 Å². The number of rotatable bonds is 8.